The first-order chi connectivity index (χ1) is 15.6. The third-order valence-electron chi connectivity index (χ3n) is 5.13. The van der Waals surface area contributed by atoms with Crippen molar-refractivity contribution < 1.29 is 14.3 Å². The van der Waals surface area contributed by atoms with Crippen LogP contribution in [-0.4, -0.2) is 73.8 Å². The summed E-state index contributed by atoms with van der Waals surface area (Å²) in [7, 11) is 1.56. The van der Waals surface area contributed by atoms with Gasteiger partial charge in [0.2, 0.25) is 11.9 Å². The maximum absolute atomic E-state index is 12.2. The number of nitrogens with one attached hydrogen (secondary N) is 1. The number of nitrogens with zero attached hydrogens (tertiary/aromatic N) is 4. The zero-order valence-electron chi connectivity index (χ0n) is 18.6. The number of anilines is 1. The third-order valence-corrected chi connectivity index (χ3v) is 5.41. The fourth-order valence-electron chi connectivity index (χ4n) is 3.49. The lowest BCUT2D eigenvalue weighted by atomic mass is 10.2. The minimum atomic E-state index is -0.139. The number of amides is 1. The fraction of sp³-hybridized carbons (Fsp3) is 0.435. The molecule has 1 amide bonds. The number of piperazine rings is 1. The standard InChI is InChI=1S/C23H30ClN5O3/c1-3-32-22-19(24)16-18(17-20(22)31-2)6-7-21(30)25-10-5-11-28-12-14-29(15-13-28)23-26-8-4-9-27-23/h4,6-9,16-17H,3,5,10-15H2,1-2H3,(H,25,30)/b7-6+. The highest BCUT2D eigenvalue weighted by molar-refractivity contribution is 6.32. The number of methoxy groups -OCH3 is 1. The van der Waals surface area contributed by atoms with Crippen LogP contribution < -0.4 is 19.7 Å². The number of halogens is 1. The lowest BCUT2D eigenvalue weighted by Crippen LogP contribution is -2.47. The van der Waals surface area contributed by atoms with Gasteiger partial charge in [0, 0.05) is 51.2 Å². The van der Waals surface area contributed by atoms with Gasteiger partial charge in [0.15, 0.2) is 11.5 Å². The average molecular weight is 460 g/mol. The van der Waals surface area contributed by atoms with Gasteiger partial charge in [-0.15, -0.1) is 0 Å². The first-order valence-electron chi connectivity index (χ1n) is 10.8. The molecule has 1 fully saturated rings. The Morgan fingerprint density at radius 3 is 2.66 bits per heavy atom. The van der Waals surface area contributed by atoms with Crippen molar-refractivity contribution in [3.63, 3.8) is 0 Å². The molecule has 1 aliphatic heterocycles. The molecule has 172 valence electrons. The third kappa shape index (κ3) is 6.83. The normalized spacial score (nSPS) is 14.5. The predicted octanol–water partition coefficient (Wildman–Crippen LogP) is 2.88. The van der Waals surface area contributed by atoms with Crippen LogP contribution in [-0.2, 0) is 4.79 Å². The van der Waals surface area contributed by atoms with E-state index in [0.717, 1.165) is 50.7 Å². The number of benzene rings is 1. The molecule has 1 saturated heterocycles. The number of hydrogen-bond acceptors (Lipinski definition) is 7. The van der Waals surface area contributed by atoms with Crippen LogP contribution in [0.5, 0.6) is 11.5 Å². The molecule has 0 unspecified atom stereocenters. The predicted molar refractivity (Wildman–Crippen MR) is 127 cm³/mol. The lowest BCUT2D eigenvalue weighted by Gasteiger charge is -2.34. The molecule has 8 nitrogen and oxygen atoms in total. The molecule has 0 bridgehead atoms. The zero-order valence-corrected chi connectivity index (χ0v) is 19.3. The average Bonchev–Trinajstić information content (AvgIpc) is 2.83. The van der Waals surface area contributed by atoms with Gasteiger partial charge in [-0.25, -0.2) is 9.97 Å². The van der Waals surface area contributed by atoms with E-state index in [1.54, 1.807) is 37.7 Å². The van der Waals surface area contributed by atoms with Crippen LogP contribution in [0.1, 0.15) is 18.9 Å². The van der Waals surface area contributed by atoms with Crippen LogP contribution in [0.3, 0.4) is 0 Å². The fourth-order valence-corrected chi connectivity index (χ4v) is 3.77. The minimum absolute atomic E-state index is 0.139. The van der Waals surface area contributed by atoms with Crippen molar-refractivity contribution in [3.8, 4) is 11.5 Å². The highest BCUT2D eigenvalue weighted by atomic mass is 35.5. The van der Waals surface area contributed by atoms with E-state index in [2.05, 4.69) is 25.1 Å². The van der Waals surface area contributed by atoms with Crippen LogP contribution in [0.4, 0.5) is 5.95 Å². The molecule has 9 heteroatoms. The topological polar surface area (TPSA) is 79.8 Å². The van der Waals surface area contributed by atoms with Crippen LogP contribution in [0.2, 0.25) is 5.02 Å². The number of ether oxygens (including phenoxy) is 2. The van der Waals surface area contributed by atoms with E-state index >= 15 is 0 Å². The summed E-state index contributed by atoms with van der Waals surface area (Å²) in [5.74, 6) is 1.70. The maximum Gasteiger partial charge on any atom is 0.243 e. The summed E-state index contributed by atoms with van der Waals surface area (Å²) < 4.78 is 10.8. The molecule has 1 N–H and O–H groups in total. The van der Waals surface area contributed by atoms with E-state index < -0.39 is 0 Å². The summed E-state index contributed by atoms with van der Waals surface area (Å²) in [6, 6.07) is 5.37. The number of carbonyl (C=O) groups excluding carboxylic acids is 1. The molecule has 2 heterocycles. The monoisotopic (exact) mass is 459 g/mol. The van der Waals surface area contributed by atoms with Gasteiger partial charge in [-0.1, -0.05) is 11.6 Å². The van der Waals surface area contributed by atoms with Crippen LogP contribution in [0.25, 0.3) is 6.08 Å². The Kier molecular flexibility index (Phi) is 9.13. The van der Waals surface area contributed by atoms with Gasteiger partial charge in [0.05, 0.1) is 18.7 Å². The second-order valence-corrected chi connectivity index (χ2v) is 7.73. The second-order valence-electron chi connectivity index (χ2n) is 7.32. The smallest absolute Gasteiger partial charge is 0.243 e. The Morgan fingerprint density at radius 1 is 1.22 bits per heavy atom. The largest absolute Gasteiger partial charge is 0.493 e. The molecule has 3 rings (SSSR count). The van der Waals surface area contributed by atoms with Gasteiger partial charge in [-0.3, -0.25) is 9.69 Å². The van der Waals surface area contributed by atoms with Gasteiger partial charge in [0.1, 0.15) is 0 Å². The van der Waals surface area contributed by atoms with Crippen LogP contribution in [0.15, 0.2) is 36.7 Å². The van der Waals surface area contributed by atoms with Gasteiger partial charge in [-0.05, 0) is 49.7 Å². The van der Waals surface area contributed by atoms with Crippen LogP contribution >= 0.6 is 11.6 Å². The molecule has 2 aromatic rings. The maximum atomic E-state index is 12.2. The molecule has 0 aliphatic carbocycles. The van der Waals surface area contributed by atoms with Gasteiger partial charge < -0.3 is 19.7 Å². The molecule has 0 spiro atoms. The van der Waals surface area contributed by atoms with E-state index in [1.807, 2.05) is 13.0 Å². The summed E-state index contributed by atoms with van der Waals surface area (Å²) in [5, 5.41) is 3.38. The molecular weight excluding hydrogens is 430 g/mol. The molecule has 32 heavy (non-hydrogen) atoms. The minimum Gasteiger partial charge on any atom is -0.493 e. The first kappa shape index (κ1) is 23.8. The van der Waals surface area contributed by atoms with Crippen molar-refractivity contribution >= 4 is 29.5 Å². The summed E-state index contributed by atoms with van der Waals surface area (Å²) >= 11 is 6.27. The molecule has 0 atom stereocenters. The lowest BCUT2D eigenvalue weighted by molar-refractivity contribution is -0.116. The van der Waals surface area contributed by atoms with Crippen molar-refractivity contribution in [2.75, 3.05) is 57.9 Å². The zero-order chi connectivity index (χ0) is 22.8. The molecule has 1 aromatic heterocycles. The van der Waals surface area contributed by atoms with Gasteiger partial charge in [0.25, 0.3) is 0 Å². The van der Waals surface area contributed by atoms with Gasteiger partial charge in [-0.2, -0.15) is 0 Å². The molecule has 1 aromatic carbocycles. The SMILES string of the molecule is CCOc1c(Cl)cc(/C=C/C(=O)NCCCN2CCN(c3ncccn3)CC2)cc1OC. The van der Waals surface area contributed by atoms with E-state index in [-0.39, 0.29) is 5.91 Å². The summed E-state index contributed by atoms with van der Waals surface area (Å²) in [5.41, 5.74) is 0.769. The van der Waals surface area contributed by atoms with Crippen molar-refractivity contribution in [2.45, 2.75) is 13.3 Å². The summed E-state index contributed by atoms with van der Waals surface area (Å²) in [6.07, 6.45) is 7.65. The van der Waals surface area contributed by atoms with Gasteiger partial charge >= 0.3 is 0 Å². The number of carbonyl (C=O) groups is 1. The Hall–Kier alpha value is -2.84. The summed E-state index contributed by atoms with van der Waals surface area (Å²) in [6.45, 7) is 7.69. The number of rotatable bonds is 10. The molecule has 0 saturated carbocycles. The Morgan fingerprint density at radius 2 is 1.97 bits per heavy atom. The Balaban J connectivity index is 1.38. The molecule has 1 aliphatic rings. The summed E-state index contributed by atoms with van der Waals surface area (Å²) in [4.78, 5) is 25.4. The molecule has 0 radical (unpaired) electrons. The first-order valence-corrected chi connectivity index (χ1v) is 11.2. The highest BCUT2D eigenvalue weighted by Gasteiger charge is 2.18. The Bertz CT molecular complexity index is 902. The quantitative estimate of drug-likeness (QED) is 0.432. The van der Waals surface area contributed by atoms with Crippen molar-refractivity contribution in [1.29, 1.82) is 0 Å². The van der Waals surface area contributed by atoms with E-state index in [1.165, 1.54) is 6.08 Å². The van der Waals surface area contributed by atoms with Crippen molar-refractivity contribution in [2.24, 2.45) is 0 Å². The van der Waals surface area contributed by atoms with Crippen molar-refractivity contribution in [1.82, 2.24) is 20.2 Å². The van der Waals surface area contributed by atoms with Crippen molar-refractivity contribution in [3.05, 3.63) is 47.3 Å². The highest BCUT2D eigenvalue weighted by Crippen LogP contribution is 2.36. The van der Waals surface area contributed by atoms with Crippen LogP contribution in [0, 0.1) is 0 Å². The number of aromatic nitrogens is 2. The van der Waals surface area contributed by atoms with E-state index in [4.69, 9.17) is 21.1 Å². The van der Waals surface area contributed by atoms with E-state index in [9.17, 15) is 4.79 Å². The second kappa shape index (κ2) is 12.3. The number of hydrogen-bond donors (Lipinski definition) is 1. The Labute approximate surface area is 194 Å². The van der Waals surface area contributed by atoms with E-state index in [0.29, 0.717) is 29.7 Å². The molecular formula is C23H30ClN5O3.